The number of benzene rings is 3. The van der Waals surface area contributed by atoms with Gasteiger partial charge in [0.25, 0.3) is 5.91 Å². The number of para-hydroxylation sites is 1. The summed E-state index contributed by atoms with van der Waals surface area (Å²) in [6.07, 6.45) is 1.44. The molecule has 5 heteroatoms. The van der Waals surface area contributed by atoms with Crippen LogP contribution in [0.1, 0.15) is 31.8 Å². The third-order valence-corrected chi connectivity index (χ3v) is 3.81. The maximum atomic E-state index is 12.2. The van der Waals surface area contributed by atoms with Gasteiger partial charge in [-0.25, -0.2) is 10.2 Å². The van der Waals surface area contributed by atoms with Gasteiger partial charge in [-0.3, -0.25) is 4.79 Å². The van der Waals surface area contributed by atoms with E-state index in [9.17, 15) is 9.59 Å². The van der Waals surface area contributed by atoms with E-state index < -0.39 is 5.97 Å². The molecule has 0 unspecified atom stereocenters. The fourth-order valence-corrected chi connectivity index (χ4v) is 2.34. The van der Waals surface area contributed by atoms with Gasteiger partial charge in [-0.1, -0.05) is 48.0 Å². The smallest absolute Gasteiger partial charge is 0.343 e. The molecule has 1 amide bonds. The number of amides is 1. The Morgan fingerprint density at radius 3 is 2.26 bits per heavy atom. The average molecular weight is 358 g/mol. The molecule has 3 aromatic rings. The van der Waals surface area contributed by atoms with Crippen LogP contribution in [0.2, 0.25) is 0 Å². The largest absolute Gasteiger partial charge is 0.422 e. The number of carbonyl (C=O) groups is 2. The van der Waals surface area contributed by atoms with Crippen LogP contribution in [0.25, 0.3) is 0 Å². The van der Waals surface area contributed by atoms with Gasteiger partial charge in [-0.15, -0.1) is 0 Å². The molecule has 134 valence electrons. The first-order chi connectivity index (χ1) is 13.1. The van der Waals surface area contributed by atoms with Crippen molar-refractivity contribution >= 4 is 18.1 Å². The highest BCUT2D eigenvalue weighted by Gasteiger charge is 2.10. The Hall–Kier alpha value is -3.73. The summed E-state index contributed by atoms with van der Waals surface area (Å²) < 4.78 is 5.44. The van der Waals surface area contributed by atoms with E-state index in [0.717, 1.165) is 5.56 Å². The molecule has 0 aliphatic carbocycles. The SMILES string of the molecule is Cc1ccc(C(=O)N/N=C\c2ccccc2OC(=O)c2ccccc2)cc1. The quantitative estimate of drug-likeness (QED) is 0.325. The summed E-state index contributed by atoms with van der Waals surface area (Å²) in [5, 5.41) is 3.97. The summed E-state index contributed by atoms with van der Waals surface area (Å²) in [6, 6.07) is 22.9. The highest BCUT2D eigenvalue weighted by molar-refractivity contribution is 5.96. The van der Waals surface area contributed by atoms with Crippen LogP contribution in [0.4, 0.5) is 0 Å². The van der Waals surface area contributed by atoms with Gasteiger partial charge in [0.15, 0.2) is 0 Å². The normalized spacial score (nSPS) is 10.6. The van der Waals surface area contributed by atoms with Crippen molar-refractivity contribution in [3.63, 3.8) is 0 Å². The molecular formula is C22H18N2O3. The van der Waals surface area contributed by atoms with Gasteiger partial charge >= 0.3 is 5.97 Å². The third-order valence-electron chi connectivity index (χ3n) is 3.81. The molecule has 0 aliphatic rings. The van der Waals surface area contributed by atoms with E-state index in [1.807, 2.05) is 25.1 Å². The van der Waals surface area contributed by atoms with Crippen molar-refractivity contribution in [2.45, 2.75) is 6.92 Å². The molecule has 0 heterocycles. The molecule has 0 spiro atoms. The molecule has 0 atom stereocenters. The number of aryl methyl sites for hydroxylation is 1. The lowest BCUT2D eigenvalue weighted by Crippen LogP contribution is -2.17. The lowest BCUT2D eigenvalue weighted by Gasteiger charge is -2.07. The van der Waals surface area contributed by atoms with E-state index in [2.05, 4.69) is 10.5 Å². The van der Waals surface area contributed by atoms with Crippen molar-refractivity contribution in [3.8, 4) is 5.75 Å². The molecule has 1 N–H and O–H groups in total. The number of nitrogens with one attached hydrogen (secondary N) is 1. The molecule has 0 saturated carbocycles. The molecule has 5 nitrogen and oxygen atoms in total. The van der Waals surface area contributed by atoms with E-state index in [1.165, 1.54) is 6.21 Å². The number of nitrogens with zero attached hydrogens (tertiary/aromatic N) is 1. The minimum absolute atomic E-state index is 0.315. The molecule has 0 aliphatic heterocycles. The van der Waals surface area contributed by atoms with E-state index in [0.29, 0.717) is 22.4 Å². The van der Waals surface area contributed by atoms with E-state index >= 15 is 0 Å². The second-order valence-electron chi connectivity index (χ2n) is 5.86. The van der Waals surface area contributed by atoms with Gasteiger partial charge in [0, 0.05) is 11.1 Å². The van der Waals surface area contributed by atoms with Crippen molar-refractivity contribution in [1.82, 2.24) is 5.43 Å². The molecule has 0 fully saturated rings. The van der Waals surface area contributed by atoms with Crippen LogP contribution < -0.4 is 10.2 Å². The van der Waals surface area contributed by atoms with Crippen LogP contribution in [0, 0.1) is 6.92 Å². The predicted octanol–water partition coefficient (Wildman–Crippen LogP) is 3.98. The van der Waals surface area contributed by atoms with E-state index in [-0.39, 0.29) is 5.91 Å². The number of rotatable bonds is 5. The summed E-state index contributed by atoms with van der Waals surface area (Å²) in [6.45, 7) is 1.95. The molecule has 27 heavy (non-hydrogen) atoms. The first-order valence-electron chi connectivity index (χ1n) is 8.40. The van der Waals surface area contributed by atoms with Crippen LogP contribution in [0.3, 0.4) is 0 Å². The van der Waals surface area contributed by atoms with Gasteiger partial charge in [0.1, 0.15) is 5.75 Å². The summed E-state index contributed by atoms with van der Waals surface area (Å²) in [4.78, 5) is 24.3. The van der Waals surface area contributed by atoms with Crippen molar-refractivity contribution in [1.29, 1.82) is 0 Å². The molecule has 0 saturated heterocycles. The predicted molar refractivity (Wildman–Crippen MR) is 104 cm³/mol. The minimum Gasteiger partial charge on any atom is -0.422 e. The Balaban J connectivity index is 1.68. The summed E-state index contributed by atoms with van der Waals surface area (Å²) in [7, 11) is 0. The fourth-order valence-electron chi connectivity index (χ4n) is 2.34. The van der Waals surface area contributed by atoms with Crippen LogP contribution in [0.5, 0.6) is 5.75 Å². The van der Waals surface area contributed by atoms with Crippen LogP contribution in [-0.4, -0.2) is 18.1 Å². The van der Waals surface area contributed by atoms with Gasteiger partial charge in [0.2, 0.25) is 0 Å². The maximum absolute atomic E-state index is 12.2. The highest BCUT2D eigenvalue weighted by atomic mass is 16.5. The average Bonchev–Trinajstić information content (AvgIpc) is 2.70. The topological polar surface area (TPSA) is 67.8 Å². The Morgan fingerprint density at radius 1 is 0.852 bits per heavy atom. The highest BCUT2D eigenvalue weighted by Crippen LogP contribution is 2.17. The standard InChI is InChI=1S/C22H18N2O3/c1-16-11-13-17(14-12-16)21(25)24-23-15-19-9-5-6-10-20(19)27-22(26)18-7-3-2-4-8-18/h2-15H,1H3,(H,24,25)/b23-15-. The number of carbonyl (C=O) groups excluding carboxylic acids is 2. The van der Waals surface area contributed by atoms with Crippen LogP contribution >= 0.6 is 0 Å². The zero-order valence-corrected chi connectivity index (χ0v) is 14.8. The first-order valence-corrected chi connectivity index (χ1v) is 8.40. The third kappa shape index (κ3) is 4.89. The van der Waals surface area contributed by atoms with Gasteiger partial charge in [-0.05, 0) is 43.3 Å². The molecule has 0 bridgehead atoms. The fraction of sp³-hybridized carbons (Fsp3) is 0.0455. The van der Waals surface area contributed by atoms with Crippen LogP contribution in [0.15, 0.2) is 84.0 Å². The Morgan fingerprint density at radius 2 is 1.52 bits per heavy atom. The van der Waals surface area contributed by atoms with Crippen molar-refractivity contribution in [2.75, 3.05) is 0 Å². The van der Waals surface area contributed by atoms with Crippen molar-refractivity contribution in [3.05, 3.63) is 101 Å². The molecule has 3 aromatic carbocycles. The molecule has 0 radical (unpaired) electrons. The van der Waals surface area contributed by atoms with Crippen molar-refractivity contribution in [2.24, 2.45) is 5.10 Å². The Bertz CT molecular complexity index is 964. The molecule has 0 aromatic heterocycles. The zero-order valence-electron chi connectivity index (χ0n) is 14.8. The second kappa shape index (κ2) is 8.58. The summed E-state index contributed by atoms with van der Waals surface area (Å²) >= 11 is 0. The zero-order chi connectivity index (χ0) is 19.1. The lowest BCUT2D eigenvalue weighted by atomic mass is 10.1. The summed E-state index contributed by atoms with van der Waals surface area (Å²) in [5.74, 6) is -0.412. The monoisotopic (exact) mass is 358 g/mol. The number of hydrogen-bond acceptors (Lipinski definition) is 4. The van der Waals surface area contributed by atoms with E-state index in [4.69, 9.17) is 4.74 Å². The first kappa shape index (κ1) is 18.1. The number of hydrogen-bond donors (Lipinski definition) is 1. The Labute approximate surface area is 157 Å². The number of hydrazone groups is 1. The number of esters is 1. The second-order valence-corrected chi connectivity index (χ2v) is 5.86. The van der Waals surface area contributed by atoms with Crippen LogP contribution in [-0.2, 0) is 0 Å². The van der Waals surface area contributed by atoms with Gasteiger partial charge in [0.05, 0.1) is 11.8 Å². The lowest BCUT2D eigenvalue weighted by molar-refractivity contribution is 0.0734. The van der Waals surface area contributed by atoms with Gasteiger partial charge in [-0.2, -0.15) is 5.10 Å². The number of ether oxygens (including phenoxy) is 1. The van der Waals surface area contributed by atoms with Crippen molar-refractivity contribution < 1.29 is 14.3 Å². The molecular weight excluding hydrogens is 340 g/mol. The van der Waals surface area contributed by atoms with E-state index in [1.54, 1.807) is 60.7 Å². The summed E-state index contributed by atoms with van der Waals surface area (Å²) in [5.41, 5.74) is 5.09. The molecule has 3 rings (SSSR count). The minimum atomic E-state index is -0.458. The Kier molecular flexibility index (Phi) is 5.74. The van der Waals surface area contributed by atoms with Gasteiger partial charge < -0.3 is 4.74 Å². The maximum Gasteiger partial charge on any atom is 0.343 e.